The van der Waals surface area contributed by atoms with Crippen LogP contribution in [-0.2, 0) is 13.2 Å². The summed E-state index contributed by atoms with van der Waals surface area (Å²) in [5.41, 5.74) is 0.911. The molecule has 0 unspecified atom stereocenters. The van der Waals surface area contributed by atoms with Crippen LogP contribution < -0.4 is 4.74 Å². The van der Waals surface area contributed by atoms with E-state index in [9.17, 15) is 5.11 Å². The molecule has 20 heavy (non-hydrogen) atoms. The largest absolute Gasteiger partial charge is 0.486 e. The van der Waals surface area contributed by atoms with Crippen LogP contribution in [0.2, 0.25) is 0 Å². The first kappa shape index (κ1) is 14.5. The van der Waals surface area contributed by atoms with Crippen molar-refractivity contribution < 1.29 is 9.84 Å². The molecule has 1 N–H and O–H groups in total. The zero-order chi connectivity index (χ0) is 14.4. The van der Waals surface area contributed by atoms with Crippen molar-refractivity contribution in [2.24, 2.45) is 0 Å². The predicted octanol–water partition coefficient (Wildman–Crippen LogP) is 2.71. The molecule has 1 aromatic carbocycles. The summed E-state index contributed by atoms with van der Waals surface area (Å²) in [5.74, 6) is 1.59. The average molecular weight is 275 g/mol. The van der Waals surface area contributed by atoms with E-state index in [0.29, 0.717) is 13.0 Å². The highest BCUT2D eigenvalue weighted by Gasteiger charge is 2.06. The van der Waals surface area contributed by atoms with E-state index in [1.54, 1.807) is 6.33 Å². The topological polar surface area (TPSA) is 60.2 Å². The quantitative estimate of drug-likeness (QED) is 0.844. The number of aromatic nitrogens is 3. The second-order valence-corrected chi connectivity index (χ2v) is 4.68. The molecular weight excluding hydrogens is 254 g/mol. The molecule has 0 amide bonds. The Bertz CT molecular complexity index is 522. The van der Waals surface area contributed by atoms with Crippen LogP contribution in [0.25, 0.3) is 0 Å². The fourth-order valence-corrected chi connectivity index (χ4v) is 1.97. The van der Waals surface area contributed by atoms with E-state index in [2.05, 4.69) is 17.0 Å². The Morgan fingerprint density at radius 3 is 2.65 bits per heavy atom. The number of benzene rings is 1. The van der Waals surface area contributed by atoms with Crippen molar-refractivity contribution in [1.29, 1.82) is 0 Å². The molecular formula is C15H21N3O2. The molecule has 0 saturated heterocycles. The van der Waals surface area contributed by atoms with E-state index in [1.807, 2.05) is 35.9 Å². The Morgan fingerprint density at radius 1 is 1.25 bits per heavy atom. The van der Waals surface area contributed by atoms with Crippen LogP contribution in [0, 0.1) is 0 Å². The molecule has 1 heterocycles. The van der Waals surface area contributed by atoms with Gasteiger partial charge >= 0.3 is 0 Å². The summed E-state index contributed by atoms with van der Waals surface area (Å²) >= 11 is 0. The zero-order valence-corrected chi connectivity index (χ0v) is 12.0. The maximum atomic E-state index is 9.73. The zero-order valence-electron chi connectivity index (χ0n) is 12.0. The molecule has 5 nitrogen and oxygen atoms in total. The lowest BCUT2D eigenvalue weighted by Gasteiger charge is -2.10. The van der Waals surface area contributed by atoms with Crippen LogP contribution in [0.5, 0.6) is 5.75 Å². The average Bonchev–Trinajstić information content (AvgIpc) is 2.92. The highest BCUT2D eigenvalue weighted by molar-refractivity contribution is 5.28. The summed E-state index contributed by atoms with van der Waals surface area (Å²) < 4.78 is 7.56. The van der Waals surface area contributed by atoms with Crippen LogP contribution in [0.3, 0.4) is 0 Å². The number of hydrogen-bond donors (Lipinski definition) is 1. The van der Waals surface area contributed by atoms with Crippen molar-refractivity contribution in [2.75, 3.05) is 0 Å². The number of ether oxygens (including phenoxy) is 1. The van der Waals surface area contributed by atoms with Crippen molar-refractivity contribution in [3.05, 3.63) is 42.0 Å². The summed E-state index contributed by atoms with van der Waals surface area (Å²) in [4.78, 5) is 4.20. The van der Waals surface area contributed by atoms with Crippen LogP contribution in [-0.4, -0.2) is 19.9 Å². The van der Waals surface area contributed by atoms with Gasteiger partial charge in [0.25, 0.3) is 0 Å². The van der Waals surface area contributed by atoms with Gasteiger partial charge in [0.05, 0.1) is 6.10 Å². The predicted molar refractivity (Wildman–Crippen MR) is 76.3 cm³/mol. The molecule has 1 aromatic heterocycles. The van der Waals surface area contributed by atoms with Gasteiger partial charge in [0.2, 0.25) is 0 Å². The third-order valence-corrected chi connectivity index (χ3v) is 3.15. The van der Waals surface area contributed by atoms with Gasteiger partial charge in [-0.15, -0.1) is 0 Å². The van der Waals surface area contributed by atoms with Gasteiger partial charge in [-0.25, -0.2) is 9.67 Å². The van der Waals surface area contributed by atoms with Crippen molar-refractivity contribution >= 4 is 0 Å². The number of aliphatic hydroxyl groups is 1. The second-order valence-electron chi connectivity index (χ2n) is 4.68. The normalized spacial score (nSPS) is 12.3. The monoisotopic (exact) mass is 275 g/mol. The molecule has 0 spiro atoms. The summed E-state index contributed by atoms with van der Waals surface area (Å²) in [7, 11) is 0. The van der Waals surface area contributed by atoms with Crippen LogP contribution >= 0.6 is 0 Å². The minimum absolute atomic E-state index is 0.398. The lowest BCUT2D eigenvalue weighted by Crippen LogP contribution is -2.08. The Hall–Kier alpha value is -1.88. The van der Waals surface area contributed by atoms with Gasteiger partial charge in [0.1, 0.15) is 18.7 Å². The third-order valence-electron chi connectivity index (χ3n) is 3.15. The number of rotatable bonds is 7. The van der Waals surface area contributed by atoms with Crippen LogP contribution in [0.4, 0.5) is 0 Å². The number of nitrogens with zero attached hydrogens (tertiary/aromatic N) is 3. The van der Waals surface area contributed by atoms with Gasteiger partial charge in [0, 0.05) is 6.54 Å². The van der Waals surface area contributed by atoms with Crippen molar-refractivity contribution in [1.82, 2.24) is 14.8 Å². The minimum atomic E-state index is -0.406. The molecule has 0 aliphatic carbocycles. The smallest absolute Gasteiger partial charge is 0.164 e. The molecule has 0 fully saturated rings. The summed E-state index contributed by atoms with van der Waals surface area (Å²) in [6.45, 7) is 5.30. The number of aryl methyl sites for hydroxylation is 1. The SMILES string of the molecule is CCCn1ncnc1COc1ccc([C@H](O)CC)cc1. The van der Waals surface area contributed by atoms with E-state index >= 15 is 0 Å². The molecule has 0 bridgehead atoms. The first-order valence-corrected chi connectivity index (χ1v) is 7.02. The molecule has 2 aromatic rings. The standard InChI is InChI=1S/C15H21N3O2/c1-3-9-18-15(16-11-17-18)10-20-13-7-5-12(6-8-13)14(19)4-2/h5-8,11,14,19H,3-4,9-10H2,1-2H3/t14-/m1/s1. The van der Waals surface area contributed by atoms with Crippen molar-refractivity contribution in [3.8, 4) is 5.75 Å². The van der Waals surface area contributed by atoms with E-state index in [1.165, 1.54) is 0 Å². The highest BCUT2D eigenvalue weighted by atomic mass is 16.5. The third kappa shape index (κ3) is 3.57. The molecule has 0 aliphatic heterocycles. The van der Waals surface area contributed by atoms with Gasteiger partial charge in [-0.05, 0) is 30.5 Å². The second kappa shape index (κ2) is 7.05. The van der Waals surface area contributed by atoms with Gasteiger partial charge < -0.3 is 9.84 Å². The fraction of sp³-hybridized carbons (Fsp3) is 0.467. The molecule has 1 atom stereocenters. The lowest BCUT2D eigenvalue weighted by molar-refractivity contribution is 0.173. The molecule has 0 aliphatic rings. The van der Waals surface area contributed by atoms with Crippen molar-refractivity contribution in [3.63, 3.8) is 0 Å². The lowest BCUT2D eigenvalue weighted by atomic mass is 10.1. The molecule has 108 valence electrons. The summed E-state index contributed by atoms with van der Waals surface area (Å²) in [6.07, 6.45) is 2.87. The van der Waals surface area contributed by atoms with E-state index in [4.69, 9.17) is 4.74 Å². The Morgan fingerprint density at radius 2 is 2.00 bits per heavy atom. The van der Waals surface area contributed by atoms with Crippen LogP contribution in [0.15, 0.2) is 30.6 Å². The summed E-state index contributed by atoms with van der Waals surface area (Å²) in [5, 5.41) is 13.9. The van der Waals surface area contributed by atoms with E-state index in [0.717, 1.165) is 30.1 Å². The Labute approximate surface area is 119 Å². The maximum Gasteiger partial charge on any atom is 0.164 e. The molecule has 5 heteroatoms. The fourth-order valence-electron chi connectivity index (χ4n) is 1.97. The van der Waals surface area contributed by atoms with Crippen molar-refractivity contribution in [2.45, 2.75) is 45.9 Å². The van der Waals surface area contributed by atoms with E-state index in [-0.39, 0.29) is 0 Å². The maximum absolute atomic E-state index is 9.73. The minimum Gasteiger partial charge on any atom is -0.486 e. The first-order chi connectivity index (χ1) is 9.74. The summed E-state index contributed by atoms with van der Waals surface area (Å²) in [6, 6.07) is 7.52. The van der Waals surface area contributed by atoms with Gasteiger partial charge in [0.15, 0.2) is 5.82 Å². The first-order valence-electron chi connectivity index (χ1n) is 7.02. The van der Waals surface area contributed by atoms with Gasteiger partial charge in [-0.1, -0.05) is 26.0 Å². The van der Waals surface area contributed by atoms with E-state index < -0.39 is 6.10 Å². The van der Waals surface area contributed by atoms with Crippen LogP contribution in [0.1, 0.15) is 44.2 Å². The molecule has 0 radical (unpaired) electrons. The molecule has 0 saturated carbocycles. The molecule has 2 rings (SSSR count). The van der Waals surface area contributed by atoms with Gasteiger partial charge in [-0.3, -0.25) is 0 Å². The number of hydrogen-bond acceptors (Lipinski definition) is 4. The highest BCUT2D eigenvalue weighted by Crippen LogP contribution is 2.20. The number of aliphatic hydroxyl groups excluding tert-OH is 1. The Kier molecular flexibility index (Phi) is 5.12. The van der Waals surface area contributed by atoms with Gasteiger partial charge in [-0.2, -0.15) is 5.10 Å². The Balaban J connectivity index is 1.95.